The van der Waals surface area contributed by atoms with Crippen molar-refractivity contribution < 1.29 is 9.18 Å². The van der Waals surface area contributed by atoms with E-state index in [9.17, 15) is 9.18 Å². The van der Waals surface area contributed by atoms with Gasteiger partial charge in [0.1, 0.15) is 5.82 Å². The molecule has 1 aromatic carbocycles. The smallest absolute Gasteiger partial charge is 0.225 e. The van der Waals surface area contributed by atoms with Crippen LogP contribution in [-0.2, 0) is 4.79 Å². The second kappa shape index (κ2) is 7.41. The topological polar surface area (TPSA) is 58.4 Å². The fourth-order valence-corrected chi connectivity index (χ4v) is 2.96. The van der Waals surface area contributed by atoms with Crippen LogP contribution in [0.2, 0.25) is 0 Å². The maximum Gasteiger partial charge on any atom is 0.225 e. The first-order valence-electron chi connectivity index (χ1n) is 7.69. The Morgan fingerprint density at radius 2 is 2.14 bits per heavy atom. The van der Waals surface area contributed by atoms with E-state index in [0.717, 1.165) is 13.1 Å². The Labute approximate surface area is 125 Å². The standard InChI is InChI=1S/C16H24FN3O/c1-2-20(13-5-3-4-6-13)10-9-16(21)19-12-7-8-14(17)15(18)11-12/h7-8,11,13H,2-6,9-10,18H2,1H3,(H,19,21). The molecule has 1 aromatic rings. The number of carbonyl (C=O) groups excluding carboxylic acids is 1. The number of anilines is 2. The van der Waals surface area contributed by atoms with Gasteiger partial charge in [-0.2, -0.15) is 0 Å². The zero-order chi connectivity index (χ0) is 15.2. The van der Waals surface area contributed by atoms with E-state index in [2.05, 4.69) is 17.1 Å². The van der Waals surface area contributed by atoms with Gasteiger partial charge in [-0.05, 0) is 37.6 Å². The average Bonchev–Trinajstić information content (AvgIpc) is 2.98. The maximum atomic E-state index is 13.1. The summed E-state index contributed by atoms with van der Waals surface area (Å²) in [6.07, 6.45) is 5.51. The Morgan fingerprint density at radius 1 is 1.43 bits per heavy atom. The average molecular weight is 293 g/mol. The molecule has 4 nitrogen and oxygen atoms in total. The van der Waals surface area contributed by atoms with Gasteiger partial charge >= 0.3 is 0 Å². The van der Waals surface area contributed by atoms with E-state index >= 15 is 0 Å². The molecule has 21 heavy (non-hydrogen) atoms. The molecule has 1 aliphatic carbocycles. The van der Waals surface area contributed by atoms with Gasteiger partial charge in [0.25, 0.3) is 0 Å². The van der Waals surface area contributed by atoms with Crippen molar-refractivity contribution in [2.75, 3.05) is 24.1 Å². The van der Waals surface area contributed by atoms with Crippen molar-refractivity contribution in [2.45, 2.75) is 45.1 Å². The molecule has 5 heteroatoms. The Bertz CT molecular complexity index is 486. The Hall–Kier alpha value is -1.62. The third kappa shape index (κ3) is 4.43. The number of nitrogens with two attached hydrogens (primary N) is 1. The van der Waals surface area contributed by atoms with Crippen LogP contribution in [0.1, 0.15) is 39.0 Å². The first kappa shape index (κ1) is 15.8. The summed E-state index contributed by atoms with van der Waals surface area (Å²) in [6.45, 7) is 3.88. The zero-order valence-electron chi connectivity index (χ0n) is 12.6. The molecule has 0 unspecified atom stereocenters. The second-order valence-corrected chi connectivity index (χ2v) is 5.60. The lowest BCUT2D eigenvalue weighted by Crippen LogP contribution is -2.35. The minimum absolute atomic E-state index is 0.0499. The summed E-state index contributed by atoms with van der Waals surface area (Å²) in [4.78, 5) is 14.4. The van der Waals surface area contributed by atoms with E-state index in [4.69, 9.17) is 5.73 Å². The lowest BCUT2D eigenvalue weighted by molar-refractivity contribution is -0.116. The number of nitrogens with zero attached hydrogens (tertiary/aromatic N) is 1. The summed E-state index contributed by atoms with van der Waals surface area (Å²) in [5.74, 6) is -0.524. The molecule has 1 saturated carbocycles. The van der Waals surface area contributed by atoms with Crippen LogP contribution in [0.3, 0.4) is 0 Å². The molecule has 3 N–H and O–H groups in total. The highest BCUT2D eigenvalue weighted by atomic mass is 19.1. The summed E-state index contributed by atoms with van der Waals surface area (Å²) in [7, 11) is 0. The predicted molar refractivity (Wildman–Crippen MR) is 83.6 cm³/mol. The van der Waals surface area contributed by atoms with Crippen LogP contribution in [0.4, 0.5) is 15.8 Å². The molecule has 0 aromatic heterocycles. The zero-order valence-corrected chi connectivity index (χ0v) is 12.6. The molecule has 1 amide bonds. The Balaban J connectivity index is 1.81. The van der Waals surface area contributed by atoms with E-state index in [1.54, 1.807) is 0 Å². The first-order chi connectivity index (χ1) is 10.1. The molecule has 0 spiro atoms. The number of nitrogens with one attached hydrogen (secondary N) is 1. The van der Waals surface area contributed by atoms with Gasteiger partial charge in [-0.25, -0.2) is 4.39 Å². The summed E-state index contributed by atoms with van der Waals surface area (Å²) < 4.78 is 13.1. The number of benzene rings is 1. The van der Waals surface area contributed by atoms with Gasteiger partial charge in [0.05, 0.1) is 5.69 Å². The molecule has 0 bridgehead atoms. The highest BCUT2D eigenvalue weighted by Crippen LogP contribution is 2.23. The van der Waals surface area contributed by atoms with Gasteiger partial charge < -0.3 is 16.0 Å². The van der Waals surface area contributed by atoms with Crippen molar-refractivity contribution in [1.29, 1.82) is 0 Å². The molecule has 1 fully saturated rings. The number of hydrogen-bond donors (Lipinski definition) is 2. The number of rotatable bonds is 6. The lowest BCUT2D eigenvalue weighted by Gasteiger charge is -2.27. The molecule has 0 heterocycles. The largest absolute Gasteiger partial charge is 0.396 e. The lowest BCUT2D eigenvalue weighted by atomic mass is 10.2. The van der Waals surface area contributed by atoms with Crippen LogP contribution in [0.15, 0.2) is 18.2 Å². The number of hydrogen-bond acceptors (Lipinski definition) is 3. The molecule has 1 aliphatic rings. The van der Waals surface area contributed by atoms with Gasteiger partial charge in [-0.3, -0.25) is 4.79 Å². The molecule has 0 saturated heterocycles. The van der Waals surface area contributed by atoms with Crippen molar-refractivity contribution >= 4 is 17.3 Å². The molecule has 0 atom stereocenters. The van der Waals surface area contributed by atoms with Crippen molar-refractivity contribution in [3.8, 4) is 0 Å². The maximum absolute atomic E-state index is 13.1. The number of carbonyl (C=O) groups is 1. The molecular formula is C16H24FN3O. The Kier molecular flexibility index (Phi) is 5.56. The number of amides is 1. The second-order valence-electron chi connectivity index (χ2n) is 5.60. The minimum atomic E-state index is -0.466. The highest BCUT2D eigenvalue weighted by Gasteiger charge is 2.21. The van der Waals surface area contributed by atoms with E-state index in [-0.39, 0.29) is 11.6 Å². The van der Waals surface area contributed by atoms with Gasteiger partial charge in [0.2, 0.25) is 5.91 Å². The van der Waals surface area contributed by atoms with E-state index in [1.165, 1.54) is 43.9 Å². The quantitative estimate of drug-likeness (QED) is 0.793. The van der Waals surface area contributed by atoms with Gasteiger partial charge in [0.15, 0.2) is 0 Å². The molecular weight excluding hydrogens is 269 g/mol. The van der Waals surface area contributed by atoms with E-state index < -0.39 is 5.82 Å². The fraction of sp³-hybridized carbons (Fsp3) is 0.562. The third-order valence-corrected chi connectivity index (χ3v) is 4.15. The van der Waals surface area contributed by atoms with Gasteiger partial charge in [-0.1, -0.05) is 19.8 Å². The van der Waals surface area contributed by atoms with Crippen molar-refractivity contribution in [1.82, 2.24) is 4.90 Å². The van der Waals surface area contributed by atoms with Crippen LogP contribution < -0.4 is 11.1 Å². The number of nitrogen functional groups attached to an aromatic ring is 1. The van der Waals surface area contributed by atoms with Crippen LogP contribution in [-0.4, -0.2) is 29.9 Å². The van der Waals surface area contributed by atoms with Crippen molar-refractivity contribution in [2.24, 2.45) is 0 Å². The summed E-state index contributed by atoms with van der Waals surface area (Å²) in [5, 5.41) is 2.77. The van der Waals surface area contributed by atoms with Crippen LogP contribution in [0.5, 0.6) is 0 Å². The van der Waals surface area contributed by atoms with E-state index in [1.807, 2.05) is 0 Å². The van der Waals surface area contributed by atoms with Crippen molar-refractivity contribution in [3.05, 3.63) is 24.0 Å². The summed E-state index contributed by atoms with van der Waals surface area (Å²) in [5.41, 5.74) is 6.08. The molecule has 0 aliphatic heterocycles. The predicted octanol–water partition coefficient (Wildman–Crippen LogP) is 3.00. The Morgan fingerprint density at radius 3 is 2.76 bits per heavy atom. The molecule has 0 radical (unpaired) electrons. The number of halogens is 1. The highest BCUT2D eigenvalue weighted by molar-refractivity contribution is 5.91. The first-order valence-corrected chi connectivity index (χ1v) is 7.69. The molecule has 116 valence electrons. The normalized spacial score (nSPS) is 15.6. The fourth-order valence-electron chi connectivity index (χ4n) is 2.96. The molecule has 2 rings (SSSR count). The van der Waals surface area contributed by atoms with Crippen molar-refractivity contribution in [3.63, 3.8) is 0 Å². The SMILES string of the molecule is CCN(CCC(=O)Nc1ccc(F)c(N)c1)C1CCCC1. The van der Waals surface area contributed by atoms with Gasteiger partial charge in [0, 0.05) is 24.7 Å². The third-order valence-electron chi connectivity index (χ3n) is 4.15. The monoisotopic (exact) mass is 293 g/mol. The van der Waals surface area contributed by atoms with Gasteiger partial charge in [-0.15, -0.1) is 0 Å². The van der Waals surface area contributed by atoms with E-state index in [0.29, 0.717) is 18.2 Å². The summed E-state index contributed by atoms with van der Waals surface area (Å²) >= 11 is 0. The van der Waals surface area contributed by atoms with Crippen LogP contribution in [0.25, 0.3) is 0 Å². The van der Waals surface area contributed by atoms with Crippen LogP contribution in [0, 0.1) is 5.82 Å². The minimum Gasteiger partial charge on any atom is -0.396 e. The summed E-state index contributed by atoms with van der Waals surface area (Å²) in [6, 6.07) is 4.87. The van der Waals surface area contributed by atoms with Crippen LogP contribution >= 0.6 is 0 Å².